The van der Waals surface area contributed by atoms with Gasteiger partial charge in [0.2, 0.25) is 0 Å². The van der Waals surface area contributed by atoms with Gasteiger partial charge in [0.15, 0.2) is 0 Å². The van der Waals surface area contributed by atoms with E-state index in [1.54, 1.807) is 0 Å². The van der Waals surface area contributed by atoms with Crippen LogP contribution in [0.3, 0.4) is 0 Å². The molecule has 0 aliphatic rings. The van der Waals surface area contributed by atoms with Crippen molar-refractivity contribution in [1.82, 2.24) is 0 Å². The lowest BCUT2D eigenvalue weighted by atomic mass is 9.97. The van der Waals surface area contributed by atoms with E-state index in [4.69, 9.17) is 29.9 Å². The maximum atomic E-state index is 12.2. The Hall–Kier alpha value is -1.48. The topological polar surface area (TPSA) is 134 Å². The van der Waals surface area contributed by atoms with Gasteiger partial charge in [-0.2, -0.15) is 0 Å². The highest BCUT2D eigenvalue weighted by Crippen LogP contribution is 2.19. The van der Waals surface area contributed by atoms with Crippen LogP contribution in [0.2, 0.25) is 0 Å². The van der Waals surface area contributed by atoms with Gasteiger partial charge in [0, 0.05) is 0 Å². The van der Waals surface area contributed by atoms with Crippen LogP contribution in [0.15, 0.2) is 12.7 Å². The molecule has 0 saturated heterocycles. The van der Waals surface area contributed by atoms with Crippen LogP contribution in [-0.2, 0) is 19.1 Å². The molecule has 8 nitrogen and oxygen atoms in total. The molecule has 0 aromatic heterocycles. The molecular weight excluding hydrogens is 344 g/mol. The molecule has 0 saturated carbocycles. The number of allylic oxidation sites excluding steroid dienone is 1. The Morgan fingerprint density at radius 2 is 1.38 bits per heavy atom. The van der Waals surface area contributed by atoms with Crippen molar-refractivity contribution < 1.29 is 39.5 Å². The van der Waals surface area contributed by atoms with Gasteiger partial charge in [-0.25, -0.2) is 0 Å². The number of esters is 2. The molecular formula is C18H32O8. The minimum atomic E-state index is -1.03. The first-order valence-electron chi connectivity index (χ1n) is 8.96. The standard InChI is InChI=1S/C18H32O8/c1-2-3-4-5-6-7-8-14(18(24)26-16(12-21)13-22)9-17(23)25-15(10-19)11-20/h2,14-16,19-22H,1,3-13H2. The Labute approximate surface area is 154 Å². The quantitative estimate of drug-likeness (QED) is 0.172. The van der Waals surface area contributed by atoms with Gasteiger partial charge in [0.05, 0.1) is 38.8 Å². The average Bonchev–Trinajstić information content (AvgIpc) is 2.65. The Bertz CT molecular complexity index is 391. The smallest absolute Gasteiger partial charge is 0.309 e. The van der Waals surface area contributed by atoms with Crippen molar-refractivity contribution in [3.8, 4) is 0 Å². The number of unbranched alkanes of at least 4 members (excludes halogenated alkanes) is 4. The Balaban J connectivity index is 4.62. The number of aliphatic hydroxyl groups excluding tert-OH is 4. The van der Waals surface area contributed by atoms with Crippen LogP contribution in [0.4, 0.5) is 0 Å². The number of ether oxygens (including phenoxy) is 2. The second kappa shape index (κ2) is 15.7. The van der Waals surface area contributed by atoms with Gasteiger partial charge in [-0.3, -0.25) is 9.59 Å². The molecule has 26 heavy (non-hydrogen) atoms. The van der Waals surface area contributed by atoms with Gasteiger partial charge < -0.3 is 29.9 Å². The normalized spacial score (nSPS) is 12.2. The molecule has 1 unspecified atom stereocenters. The van der Waals surface area contributed by atoms with Crippen LogP contribution < -0.4 is 0 Å². The highest BCUT2D eigenvalue weighted by atomic mass is 16.6. The van der Waals surface area contributed by atoms with Gasteiger partial charge in [-0.05, 0) is 19.3 Å². The molecule has 0 rings (SSSR count). The summed E-state index contributed by atoms with van der Waals surface area (Å²) in [7, 11) is 0. The van der Waals surface area contributed by atoms with Gasteiger partial charge >= 0.3 is 11.9 Å². The Morgan fingerprint density at radius 3 is 1.92 bits per heavy atom. The summed E-state index contributed by atoms with van der Waals surface area (Å²) in [6, 6.07) is 0. The lowest BCUT2D eigenvalue weighted by Gasteiger charge is -2.20. The SMILES string of the molecule is C=CCCCCCCC(CC(=O)OC(CO)CO)C(=O)OC(CO)CO. The van der Waals surface area contributed by atoms with Crippen LogP contribution in [0.5, 0.6) is 0 Å². The summed E-state index contributed by atoms with van der Waals surface area (Å²) in [6.45, 7) is 1.59. The zero-order valence-corrected chi connectivity index (χ0v) is 15.2. The van der Waals surface area contributed by atoms with E-state index in [1.807, 2.05) is 6.08 Å². The summed E-state index contributed by atoms with van der Waals surface area (Å²) in [5.74, 6) is -2.19. The van der Waals surface area contributed by atoms with E-state index in [2.05, 4.69) is 6.58 Å². The number of carbonyl (C=O) groups excluding carboxylic acids is 2. The predicted molar refractivity (Wildman–Crippen MR) is 94.1 cm³/mol. The van der Waals surface area contributed by atoms with E-state index < -0.39 is 56.5 Å². The number of rotatable bonds is 16. The lowest BCUT2D eigenvalue weighted by molar-refractivity contribution is -0.165. The number of hydrogen-bond donors (Lipinski definition) is 4. The van der Waals surface area contributed by atoms with E-state index in [0.29, 0.717) is 12.8 Å². The summed E-state index contributed by atoms with van der Waals surface area (Å²) in [5.41, 5.74) is 0. The fourth-order valence-electron chi connectivity index (χ4n) is 2.30. The molecule has 0 aromatic rings. The van der Waals surface area contributed by atoms with Gasteiger partial charge in [0.1, 0.15) is 12.2 Å². The summed E-state index contributed by atoms with van der Waals surface area (Å²) < 4.78 is 9.90. The maximum Gasteiger partial charge on any atom is 0.309 e. The summed E-state index contributed by atoms with van der Waals surface area (Å²) in [4.78, 5) is 24.2. The van der Waals surface area contributed by atoms with Crippen LogP contribution in [0.1, 0.15) is 44.9 Å². The summed E-state index contributed by atoms with van der Waals surface area (Å²) in [5, 5.41) is 36.0. The minimum Gasteiger partial charge on any atom is -0.457 e. The molecule has 0 bridgehead atoms. The van der Waals surface area contributed by atoms with Crippen LogP contribution >= 0.6 is 0 Å². The average molecular weight is 376 g/mol. The van der Waals surface area contributed by atoms with E-state index in [9.17, 15) is 9.59 Å². The van der Waals surface area contributed by atoms with Gasteiger partial charge in [-0.1, -0.05) is 25.3 Å². The second-order valence-corrected chi connectivity index (χ2v) is 6.08. The third kappa shape index (κ3) is 11.2. The predicted octanol–water partition coefficient (Wildman–Crippen LogP) is 0.312. The van der Waals surface area contributed by atoms with Crippen LogP contribution in [0, 0.1) is 5.92 Å². The number of aliphatic hydroxyl groups is 4. The third-order valence-electron chi connectivity index (χ3n) is 3.85. The lowest BCUT2D eigenvalue weighted by Crippen LogP contribution is -2.32. The molecule has 152 valence electrons. The van der Waals surface area contributed by atoms with E-state index in [1.165, 1.54) is 0 Å². The van der Waals surface area contributed by atoms with Crippen molar-refractivity contribution in [3.63, 3.8) is 0 Å². The zero-order valence-electron chi connectivity index (χ0n) is 15.2. The van der Waals surface area contributed by atoms with Gasteiger partial charge in [-0.15, -0.1) is 6.58 Å². The zero-order chi connectivity index (χ0) is 19.8. The molecule has 0 aliphatic heterocycles. The molecule has 0 aliphatic carbocycles. The fourth-order valence-corrected chi connectivity index (χ4v) is 2.30. The minimum absolute atomic E-state index is 0.258. The Kier molecular flexibility index (Phi) is 14.9. The summed E-state index contributed by atoms with van der Waals surface area (Å²) in [6.07, 6.45) is 4.42. The fraction of sp³-hybridized carbons (Fsp3) is 0.778. The molecule has 0 radical (unpaired) electrons. The molecule has 0 spiro atoms. The van der Waals surface area contributed by atoms with E-state index >= 15 is 0 Å². The maximum absolute atomic E-state index is 12.2. The van der Waals surface area contributed by atoms with Crippen molar-refractivity contribution in [1.29, 1.82) is 0 Å². The van der Waals surface area contributed by atoms with E-state index in [0.717, 1.165) is 25.7 Å². The van der Waals surface area contributed by atoms with Crippen molar-refractivity contribution in [3.05, 3.63) is 12.7 Å². The first-order valence-corrected chi connectivity index (χ1v) is 8.96. The first kappa shape index (κ1) is 24.5. The largest absolute Gasteiger partial charge is 0.457 e. The van der Waals surface area contributed by atoms with Crippen LogP contribution in [0.25, 0.3) is 0 Å². The first-order chi connectivity index (χ1) is 12.5. The van der Waals surface area contributed by atoms with Crippen molar-refractivity contribution in [2.45, 2.75) is 57.2 Å². The highest BCUT2D eigenvalue weighted by molar-refractivity contribution is 5.80. The monoisotopic (exact) mass is 376 g/mol. The molecule has 0 heterocycles. The third-order valence-corrected chi connectivity index (χ3v) is 3.85. The molecule has 0 aromatic carbocycles. The molecule has 0 amide bonds. The highest BCUT2D eigenvalue weighted by Gasteiger charge is 2.27. The van der Waals surface area contributed by atoms with E-state index in [-0.39, 0.29) is 6.42 Å². The molecule has 4 N–H and O–H groups in total. The van der Waals surface area contributed by atoms with Crippen molar-refractivity contribution in [2.75, 3.05) is 26.4 Å². The number of hydrogen-bond acceptors (Lipinski definition) is 8. The van der Waals surface area contributed by atoms with Crippen molar-refractivity contribution >= 4 is 11.9 Å². The Morgan fingerprint density at radius 1 is 0.846 bits per heavy atom. The molecule has 1 atom stereocenters. The second-order valence-electron chi connectivity index (χ2n) is 6.08. The molecule has 8 heteroatoms. The van der Waals surface area contributed by atoms with Crippen molar-refractivity contribution in [2.24, 2.45) is 5.92 Å². The molecule has 0 fully saturated rings. The van der Waals surface area contributed by atoms with Crippen LogP contribution in [-0.4, -0.2) is 71.0 Å². The van der Waals surface area contributed by atoms with Gasteiger partial charge in [0.25, 0.3) is 0 Å². The number of carbonyl (C=O) groups is 2. The summed E-state index contributed by atoms with van der Waals surface area (Å²) >= 11 is 0.